The van der Waals surface area contributed by atoms with E-state index in [9.17, 15) is 0 Å². The third-order valence-corrected chi connectivity index (χ3v) is 3.98. The Balaban J connectivity index is 3.15. The lowest BCUT2D eigenvalue weighted by molar-refractivity contribution is 0.0590. The maximum Gasteiger partial charge on any atom is 0.0547 e. The van der Waals surface area contributed by atoms with Crippen molar-refractivity contribution >= 4 is 0 Å². The third-order valence-electron chi connectivity index (χ3n) is 3.98. The van der Waals surface area contributed by atoms with Crippen molar-refractivity contribution in [2.24, 2.45) is 0 Å². The molecule has 0 aromatic carbocycles. The summed E-state index contributed by atoms with van der Waals surface area (Å²) in [6.45, 7) is 7.57. The Labute approximate surface area is 134 Å². The van der Waals surface area contributed by atoms with Crippen molar-refractivity contribution in [1.29, 1.82) is 0 Å². The first kappa shape index (κ1) is 20.7. The summed E-state index contributed by atoms with van der Waals surface area (Å²) in [4.78, 5) is 0. The molecule has 0 spiro atoms. The molecule has 0 aromatic rings. The molecule has 126 valence electrons. The quantitative estimate of drug-likeness (QED) is 0.219. The van der Waals surface area contributed by atoms with Crippen molar-refractivity contribution in [2.45, 2.75) is 110 Å². The van der Waals surface area contributed by atoms with Crippen LogP contribution in [0.1, 0.15) is 104 Å². The van der Waals surface area contributed by atoms with Crippen LogP contribution >= 0.6 is 0 Å². The van der Waals surface area contributed by atoms with Gasteiger partial charge in [0.05, 0.1) is 6.10 Å². The topological polar surface area (TPSA) is 9.23 Å². The Hall–Kier alpha value is -0.300. The van der Waals surface area contributed by atoms with Gasteiger partial charge in [-0.05, 0) is 45.4 Å². The Morgan fingerprint density at radius 1 is 0.714 bits per heavy atom. The normalized spacial score (nSPS) is 13.1. The van der Waals surface area contributed by atoms with Gasteiger partial charge in [0.1, 0.15) is 0 Å². The van der Waals surface area contributed by atoms with E-state index in [0.717, 1.165) is 13.0 Å². The first-order chi connectivity index (χ1) is 10.3. The molecule has 0 amide bonds. The predicted molar refractivity (Wildman–Crippen MR) is 95.9 cm³/mol. The van der Waals surface area contributed by atoms with Crippen LogP contribution in [0.3, 0.4) is 0 Å². The Kier molecular flexibility index (Phi) is 17.5. The minimum Gasteiger partial charge on any atom is -0.379 e. The number of allylic oxidation sites excluding steroid dienone is 2. The van der Waals surface area contributed by atoms with Crippen LogP contribution in [0.2, 0.25) is 0 Å². The van der Waals surface area contributed by atoms with Crippen LogP contribution in [0.4, 0.5) is 0 Å². The van der Waals surface area contributed by atoms with Crippen LogP contribution in [0.15, 0.2) is 12.2 Å². The van der Waals surface area contributed by atoms with E-state index in [1.54, 1.807) is 0 Å². The number of hydrogen-bond acceptors (Lipinski definition) is 1. The first-order valence-corrected chi connectivity index (χ1v) is 9.57. The molecular weight excluding hydrogens is 256 g/mol. The summed E-state index contributed by atoms with van der Waals surface area (Å²) in [5.41, 5.74) is 0. The summed E-state index contributed by atoms with van der Waals surface area (Å²) in [5.74, 6) is 0. The number of unbranched alkanes of at least 4 members (excludes halogenated alkanes) is 9. The predicted octanol–water partition coefficient (Wildman–Crippen LogP) is 7.06. The zero-order valence-corrected chi connectivity index (χ0v) is 15.0. The second-order valence-corrected chi connectivity index (χ2v) is 6.35. The van der Waals surface area contributed by atoms with Gasteiger partial charge >= 0.3 is 0 Å². The summed E-state index contributed by atoms with van der Waals surface area (Å²) in [6, 6.07) is 0. The maximum absolute atomic E-state index is 5.68. The Bertz CT molecular complexity index is 210. The fourth-order valence-corrected chi connectivity index (χ4v) is 2.55. The number of rotatable bonds is 16. The van der Waals surface area contributed by atoms with Crippen LogP contribution in [0.25, 0.3) is 0 Å². The van der Waals surface area contributed by atoms with Crippen molar-refractivity contribution in [3.8, 4) is 0 Å². The second kappa shape index (κ2) is 17.8. The summed E-state index contributed by atoms with van der Waals surface area (Å²) in [5, 5.41) is 0. The smallest absolute Gasteiger partial charge is 0.0547 e. The zero-order chi connectivity index (χ0) is 15.6. The van der Waals surface area contributed by atoms with Crippen LogP contribution in [0.5, 0.6) is 0 Å². The Morgan fingerprint density at radius 3 is 1.90 bits per heavy atom. The molecule has 1 heteroatoms. The van der Waals surface area contributed by atoms with Crippen LogP contribution < -0.4 is 0 Å². The molecule has 0 heterocycles. The summed E-state index contributed by atoms with van der Waals surface area (Å²) >= 11 is 0. The minimum absolute atomic E-state index is 0.452. The molecule has 0 fully saturated rings. The molecule has 0 rings (SSSR count). The SMILES string of the molecule is CCCCCCCC/C=C\CCCCCC(C)OCCC. The summed E-state index contributed by atoms with van der Waals surface area (Å²) in [7, 11) is 0. The molecule has 1 nitrogen and oxygen atoms in total. The van der Waals surface area contributed by atoms with Gasteiger partial charge in [0.15, 0.2) is 0 Å². The van der Waals surface area contributed by atoms with Crippen molar-refractivity contribution < 1.29 is 4.74 Å². The minimum atomic E-state index is 0.452. The van der Waals surface area contributed by atoms with Crippen LogP contribution in [-0.2, 0) is 4.74 Å². The van der Waals surface area contributed by atoms with Crippen molar-refractivity contribution in [3.63, 3.8) is 0 Å². The van der Waals surface area contributed by atoms with Gasteiger partial charge in [-0.3, -0.25) is 0 Å². The molecule has 0 saturated heterocycles. The highest BCUT2D eigenvalue weighted by Gasteiger charge is 2.00. The molecule has 0 aliphatic heterocycles. The second-order valence-electron chi connectivity index (χ2n) is 6.35. The molecule has 0 aromatic heterocycles. The van der Waals surface area contributed by atoms with Gasteiger partial charge in [-0.1, -0.05) is 70.9 Å². The fourth-order valence-electron chi connectivity index (χ4n) is 2.55. The van der Waals surface area contributed by atoms with Gasteiger partial charge in [-0.25, -0.2) is 0 Å². The molecule has 0 saturated carbocycles. The van der Waals surface area contributed by atoms with E-state index in [1.165, 1.54) is 77.0 Å². The highest BCUT2D eigenvalue weighted by molar-refractivity contribution is 4.81. The van der Waals surface area contributed by atoms with E-state index in [1.807, 2.05) is 0 Å². The first-order valence-electron chi connectivity index (χ1n) is 9.57. The summed E-state index contributed by atoms with van der Waals surface area (Å²) < 4.78 is 5.68. The highest BCUT2D eigenvalue weighted by Crippen LogP contribution is 2.10. The molecule has 0 bridgehead atoms. The number of ether oxygens (including phenoxy) is 1. The van der Waals surface area contributed by atoms with Gasteiger partial charge in [0.25, 0.3) is 0 Å². The van der Waals surface area contributed by atoms with E-state index < -0.39 is 0 Å². The standard InChI is InChI=1S/C20H40O/c1-4-6-7-8-9-10-11-12-13-14-15-16-17-18-20(3)21-19-5-2/h12-13,20H,4-11,14-19H2,1-3H3/b13-12-. The van der Waals surface area contributed by atoms with Crippen molar-refractivity contribution in [1.82, 2.24) is 0 Å². The van der Waals surface area contributed by atoms with E-state index in [0.29, 0.717) is 6.10 Å². The van der Waals surface area contributed by atoms with Crippen LogP contribution in [-0.4, -0.2) is 12.7 Å². The Morgan fingerprint density at radius 2 is 1.29 bits per heavy atom. The third kappa shape index (κ3) is 17.6. The molecule has 1 unspecified atom stereocenters. The summed E-state index contributed by atoms with van der Waals surface area (Å²) in [6.07, 6.45) is 22.6. The lowest BCUT2D eigenvalue weighted by atomic mass is 10.1. The molecule has 1 atom stereocenters. The van der Waals surface area contributed by atoms with Crippen molar-refractivity contribution in [3.05, 3.63) is 12.2 Å². The van der Waals surface area contributed by atoms with E-state index in [-0.39, 0.29) is 0 Å². The largest absolute Gasteiger partial charge is 0.379 e. The van der Waals surface area contributed by atoms with Crippen LogP contribution in [0, 0.1) is 0 Å². The van der Waals surface area contributed by atoms with Gasteiger partial charge in [-0.2, -0.15) is 0 Å². The maximum atomic E-state index is 5.68. The van der Waals surface area contributed by atoms with Gasteiger partial charge < -0.3 is 4.74 Å². The molecule has 0 aliphatic rings. The average molecular weight is 297 g/mol. The average Bonchev–Trinajstić information content (AvgIpc) is 2.49. The number of hydrogen-bond donors (Lipinski definition) is 0. The molecule has 0 aliphatic carbocycles. The monoisotopic (exact) mass is 296 g/mol. The molecule has 21 heavy (non-hydrogen) atoms. The molecule has 0 N–H and O–H groups in total. The van der Waals surface area contributed by atoms with Gasteiger partial charge in [0, 0.05) is 6.61 Å². The van der Waals surface area contributed by atoms with Gasteiger partial charge in [-0.15, -0.1) is 0 Å². The van der Waals surface area contributed by atoms with Gasteiger partial charge in [0.2, 0.25) is 0 Å². The van der Waals surface area contributed by atoms with E-state index >= 15 is 0 Å². The lowest BCUT2D eigenvalue weighted by Gasteiger charge is -2.11. The fraction of sp³-hybridized carbons (Fsp3) is 0.900. The van der Waals surface area contributed by atoms with Crippen molar-refractivity contribution in [2.75, 3.05) is 6.61 Å². The lowest BCUT2D eigenvalue weighted by Crippen LogP contribution is -2.08. The highest BCUT2D eigenvalue weighted by atomic mass is 16.5. The van der Waals surface area contributed by atoms with E-state index in [4.69, 9.17) is 4.74 Å². The molecule has 0 radical (unpaired) electrons. The van der Waals surface area contributed by atoms with E-state index in [2.05, 4.69) is 32.9 Å². The zero-order valence-electron chi connectivity index (χ0n) is 15.0. The molecular formula is C20H40O.